The first kappa shape index (κ1) is 20.9. The van der Waals surface area contributed by atoms with E-state index >= 15 is 0 Å². The van der Waals surface area contributed by atoms with Gasteiger partial charge in [0.2, 0.25) is 0 Å². The lowest BCUT2D eigenvalue weighted by atomic mass is 9.83. The average Bonchev–Trinajstić information content (AvgIpc) is 3.35. The fourth-order valence-corrected chi connectivity index (χ4v) is 5.13. The second-order valence-corrected chi connectivity index (χ2v) is 9.19. The lowest BCUT2D eigenvalue weighted by Gasteiger charge is -2.36. The summed E-state index contributed by atoms with van der Waals surface area (Å²) in [6, 6.07) is 5.41. The highest BCUT2D eigenvalue weighted by Gasteiger charge is 2.43. The highest BCUT2D eigenvalue weighted by molar-refractivity contribution is 6.35. The van der Waals surface area contributed by atoms with Crippen LogP contribution in [0.5, 0.6) is 0 Å². The van der Waals surface area contributed by atoms with E-state index in [1.54, 1.807) is 6.07 Å². The number of hydrogen-bond acceptors (Lipinski definition) is 5. The molecular weight excluding hydrogens is 435 g/mol. The van der Waals surface area contributed by atoms with Crippen LogP contribution in [-0.2, 0) is 9.47 Å². The summed E-state index contributed by atoms with van der Waals surface area (Å²) >= 11 is 12.5. The number of aryl methyl sites for hydroxylation is 1. The molecule has 0 saturated carbocycles. The zero-order valence-corrected chi connectivity index (χ0v) is 19.2. The van der Waals surface area contributed by atoms with Gasteiger partial charge in [0.1, 0.15) is 5.52 Å². The third-order valence-electron chi connectivity index (χ3n) is 6.37. The Labute approximate surface area is 191 Å². The summed E-state index contributed by atoms with van der Waals surface area (Å²) < 4.78 is 13.8. The van der Waals surface area contributed by atoms with Gasteiger partial charge in [0.15, 0.2) is 11.4 Å². The van der Waals surface area contributed by atoms with Gasteiger partial charge in [0, 0.05) is 22.4 Å². The summed E-state index contributed by atoms with van der Waals surface area (Å²) in [6.45, 7) is 7.48. The van der Waals surface area contributed by atoms with Crippen molar-refractivity contribution in [3.05, 3.63) is 57.5 Å². The molecular formula is C23H24Cl2N4O2. The number of aromatic nitrogens is 4. The minimum atomic E-state index is -0.487. The summed E-state index contributed by atoms with van der Waals surface area (Å²) in [7, 11) is 0. The number of hydrogen-bond donors (Lipinski definition) is 0. The number of fused-ring (bicyclic) bond motifs is 1. The van der Waals surface area contributed by atoms with E-state index in [1.165, 1.54) is 0 Å². The summed E-state index contributed by atoms with van der Waals surface area (Å²) in [5.41, 5.74) is 5.34. The molecule has 5 rings (SSSR count). The Morgan fingerprint density at radius 1 is 1.23 bits per heavy atom. The van der Waals surface area contributed by atoms with Crippen LogP contribution in [0.15, 0.2) is 30.5 Å². The van der Waals surface area contributed by atoms with Crippen molar-refractivity contribution in [1.82, 2.24) is 19.7 Å². The van der Waals surface area contributed by atoms with E-state index in [4.69, 9.17) is 47.7 Å². The largest absolute Gasteiger partial charge is 0.347 e. The van der Waals surface area contributed by atoms with Crippen molar-refractivity contribution in [3.63, 3.8) is 0 Å². The predicted octanol–water partition coefficient (Wildman–Crippen LogP) is 5.61. The van der Waals surface area contributed by atoms with Crippen LogP contribution < -0.4 is 0 Å². The molecule has 6 nitrogen and oxygen atoms in total. The highest BCUT2D eigenvalue weighted by atomic mass is 35.5. The van der Waals surface area contributed by atoms with Gasteiger partial charge in [-0.15, -0.1) is 0 Å². The number of allylic oxidation sites excluding steroid dienone is 1. The number of ether oxygens (including phenoxy) is 2. The Morgan fingerprint density at radius 2 is 2.00 bits per heavy atom. The molecule has 1 aliphatic carbocycles. The molecule has 31 heavy (non-hydrogen) atoms. The molecule has 3 heterocycles. The molecule has 2 aliphatic rings. The smallest absolute Gasteiger partial charge is 0.178 e. The van der Waals surface area contributed by atoms with E-state index in [-0.39, 0.29) is 12.0 Å². The second-order valence-electron chi connectivity index (χ2n) is 8.35. The van der Waals surface area contributed by atoms with Gasteiger partial charge in [0.25, 0.3) is 0 Å². The molecule has 1 aliphatic heterocycles. The van der Waals surface area contributed by atoms with Crippen LogP contribution in [0.2, 0.25) is 10.0 Å². The van der Waals surface area contributed by atoms with Crippen molar-refractivity contribution in [2.24, 2.45) is 5.92 Å². The highest BCUT2D eigenvalue weighted by Crippen LogP contribution is 2.42. The average molecular weight is 459 g/mol. The minimum Gasteiger partial charge on any atom is -0.347 e. The number of rotatable bonds is 3. The molecule has 2 aromatic heterocycles. The van der Waals surface area contributed by atoms with Gasteiger partial charge in [-0.25, -0.2) is 14.6 Å². The molecule has 1 spiro atoms. The molecule has 0 N–H and O–H groups in total. The Kier molecular flexibility index (Phi) is 5.29. The van der Waals surface area contributed by atoms with Crippen molar-refractivity contribution >= 4 is 39.9 Å². The maximum absolute atomic E-state index is 6.47. The summed E-state index contributed by atoms with van der Waals surface area (Å²) in [4.78, 5) is 9.68. The Bertz CT molecular complexity index is 1180. The van der Waals surface area contributed by atoms with Crippen LogP contribution in [0.1, 0.15) is 49.7 Å². The third kappa shape index (κ3) is 3.55. The predicted molar refractivity (Wildman–Crippen MR) is 121 cm³/mol. The molecule has 162 valence electrons. The molecule has 1 fully saturated rings. The second kappa shape index (κ2) is 7.85. The van der Waals surface area contributed by atoms with Crippen LogP contribution in [0.25, 0.3) is 16.7 Å². The van der Waals surface area contributed by atoms with Gasteiger partial charge in [0.05, 0.1) is 36.8 Å². The van der Waals surface area contributed by atoms with Gasteiger partial charge in [-0.3, -0.25) is 0 Å². The Morgan fingerprint density at radius 3 is 2.71 bits per heavy atom. The van der Waals surface area contributed by atoms with Crippen LogP contribution in [0.4, 0.5) is 0 Å². The number of nitrogens with zero attached hydrogens (tertiary/aromatic N) is 4. The molecule has 1 aromatic carbocycles. The van der Waals surface area contributed by atoms with Crippen molar-refractivity contribution in [1.29, 1.82) is 0 Å². The first-order chi connectivity index (χ1) is 14.9. The number of benzene rings is 1. The van der Waals surface area contributed by atoms with Crippen LogP contribution in [0.3, 0.4) is 0 Å². The minimum absolute atomic E-state index is 0.117. The molecule has 2 atom stereocenters. The standard InChI is InChI=1S/C23H24Cl2N4O2/c1-13-10-16(6-7-23(13)30-8-9-31-23)20-12-26-21-14(2)28-29(22(21)27-20)15(3)18-5-4-17(24)11-19(18)25/h4-6,11-13,15H,7-10H2,1-3H3. The van der Waals surface area contributed by atoms with Crippen LogP contribution in [0, 0.1) is 12.8 Å². The third-order valence-corrected chi connectivity index (χ3v) is 6.93. The van der Waals surface area contributed by atoms with Gasteiger partial charge in [-0.2, -0.15) is 5.10 Å². The van der Waals surface area contributed by atoms with E-state index in [2.05, 4.69) is 19.9 Å². The maximum atomic E-state index is 6.47. The normalized spacial score (nSPS) is 21.6. The van der Waals surface area contributed by atoms with Crippen molar-refractivity contribution in [2.75, 3.05) is 13.2 Å². The van der Waals surface area contributed by atoms with E-state index in [1.807, 2.05) is 29.9 Å². The number of halogens is 2. The molecule has 1 saturated heterocycles. The van der Waals surface area contributed by atoms with E-state index in [0.29, 0.717) is 23.3 Å². The monoisotopic (exact) mass is 458 g/mol. The van der Waals surface area contributed by atoms with Crippen molar-refractivity contribution in [2.45, 2.75) is 45.4 Å². The molecule has 0 bridgehead atoms. The topological polar surface area (TPSA) is 62.1 Å². The quantitative estimate of drug-likeness (QED) is 0.510. The summed E-state index contributed by atoms with van der Waals surface area (Å²) in [5, 5.41) is 5.94. The summed E-state index contributed by atoms with van der Waals surface area (Å²) in [6.07, 6.45) is 5.56. The Balaban J connectivity index is 1.53. The van der Waals surface area contributed by atoms with E-state index in [9.17, 15) is 0 Å². The molecule has 0 radical (unpaired) electrons. The molecule has 0 amide bonds. The lowest BCUT2D eigenvalue weighted by molar-refractivity contribution is -0.190. The van der Waals surface area contributed by atoms with Crippen LogP contribution >= 0.6 is 23.2 Å². The maximum Gasteiger partial charge on any atom is 0.178 e. The first-order valence-electron chi connectivity index (χ1n) is 10.5. The zero-order valence-electron chi connectivity index (χ0n) is 17.7. The molecule has 8 heteroatoms. The van der Waals surface area contributed by atoms with E-state index in [0.717, 1.165) is 46.5 Å². The fourth-order valence-electron chi connectivity index (χ4n) is 4.56. The van der Waals surface area contributed by atoms with Gasteiger partial charge in [-0.05, 0) is 43.5 Å². The molecule has 3 aromatic rings. The Hall–Kier alpha value is -1.99. The molecule has 2 unspecified atom stereocenters. The fraction of sp³-hybridized carbons (Fsp3) is 0.435. The van der Waals surface area contributed by atoms with Gasteiger partial charge in [-0.1, -0.05) is 42.3 Å². The van der Waals surface area contributed by atoms with Crippen molar-refractivity contribution in [3.8, 4) is 0 Å². The van der Waals surface area contributed by atoms with E-state index < -0.39 is 5.79 Å². The van der Waals surface area contributed by atoms with Crippen molar-refractivity contribution < 1.29 is 9.47 Å². The zero-order chi connectivity index (χ0) is 21.8. The van der Waals surface area contributed by atoms with Crippen LogP contribution in [-0.4, -0.2) is 38.7 Å². The SMILES string of the molecule is Cc1nn(C(C)c2ccc(Cl)cc2Cl)c2nc(C3=CCC4(OCCO4)C(C)C3)cnc12. The van der Waals surface area contributed by atoms with Gasteiger partial charge < -0.3 is 9.47 Å². The lowest BCUT2D eigenvalue weighted by Crippen LogP contribution is -2.39. The van der Waals surface area contributed by atoms with Gasteiger partial charge >= 0.3 is 0 Å². The first-order valence-corrected chi connectivity index (χ1v) is 11.3. The summed E-state index contributed by atoms with van der Waals surface area (Å²) in [5.74, 6) is -0.245.